The molecule has 0 aliphatic rings. The van der Waals surface area contributed by atoms with Gasteiger partial charge in [-0.1, -0.05) is 24.4 Å². The number of anilines is 4. The van der Waals surface area contributed by atoms with Crippen molar-refractivity contribution in [3.8, 4) is 0 Å². The van der Waals surface area contributed by atoms with E-state index in [1.165, 1.54) is 10.3 Å². The molecule has 4 aromatic rings. The first-order chi connectivity index (χ1) is 18.0. The van der Waals surface area contributed by atoms with Crippen LogP contribution in [0.25, 0.3) is 10.8 Å². The monoisotopic (exact) mass is 662 g/mol. The van der Waals surface area contributed by atoms with Crippen LogP contribution >= 0.6 is 24.4 Å². The summed E-state index contributed by atoms with van der Waals surface area (Å²) in [5.41, 5.74) is 29.3. The second kappa shape index (κ2) is 26.0. The van der Waals surface area contributed by atoms with Gasteiger partial charge >= 0.3 is 27.3 Å². The normalized spacial score (nSPS) is 7.90. The number of aryl methyl sites for hydroxylation is 4. The number of isothiocyanates is 2. The number of nitrogens with zero attached hydrogens (tertiary/aromatic N) is 6. The number of pyridine rings is 4. The van der Waals surface area contributed by atoms with E-state index in [2.05, 4.69) is 44.4 Å². The molecule has 4 rings (SSSR count). The van der Waals surface area contributed by atoms with Gasteiger partial charge in [0.15, 0.2) is 0 Å². The van der Waals surface area contributed by atoms with Crippen molar-refractivity contribution in [2.24, 2.45) is 0 Å². The predicted molar refractivity (Wildman–Crippen MR) is 165 cm³/mol. The van der Waals surface area contributed by atoms with Crippen LogP contribution in [0.1, 0.15) is 22.3 Å². The maximum absolute atomic E-state index is 7.13. The van der Waals surface area contributed by atoms with E-state index in [4.69, 9.17) is 33.8 Å². The van der Waals surface area contributed by atoms with Gasteiger partial charge in [-0.05, 0) is 74.2 Å². The number of aromatic nitrogens is 4. The number of rotatable bonds is 0. The van der Waals surface area contributed by atoms with Gasteiger partial charge < -0.3 is 33.8 Å². The van der Waals surface area contributed by atoms with Gasteiger partial charge in [-0.2, -0.15) is 10.3 Å². The summed E-state index contributed by atoms with van der Waals surface area (Å²) in [5, 5.41) is 16.9. The van der Waals surface area contributed by atoms with Crippen molar-refractivity contribution in [3.63, 3.8) is 0 Å². The minimum absolute atomic E-state index is 0. The summed E-state index contributed by atoms with van der Waals surface area (Å²) in [4.78, 5) is 15.5. The van der Waals surface area contributed by atoms with Crippen molar-refractivity contribution < 1.29 is 27.3 Å². The van der Waals surface area contributed by atoms with Crippen molar-refractivity contribution in [2.45, 2.75) is 27.7 Å². The Balaban J connectivity index is -0.000000412. The molecule has 0 atom stereocenters. The molecule has 0 aliphatic heterocycles. The smallest absolute Gasteiger partial charge is 0.753 e. The molecular weight excluding hydrogens is 629 g/mol. The first kappa shape index (κ1) is 39.8. The summed E-state index contributed by atoms with van der Waals surface area (Å²) in [5.74, 6) is 0. The molecule has 0 aromatic carbocycles. The Hall–Kier alpha value is -3.68. The molecule has 200 valence electrons. The van der Waals surface area contributed by atoms with E-state index >= 15 is 0 Å². The van der Waals surface area contributed by atoms with Gasteiger partial charge in [0.1, 0.15) is 0 Å². The fourth-order valence-electron chi connectivity index (χ4n) is 1.94. The average molecular weight is 661 g/mol. The van der Waals surface area contributed by atoms with Gasteiger partial charge in [0, 0.05) is 72.3 Å². The Morgan fingerprint density at radius 1 is 0.513 bits per heavy atom. The topological polar surface area (TPSA) is 200 Å². The third kappa shape index (κ3) is 22.1. The molecule has 0 amide bonds. The van der Waals surface area contributed by atoms with Crippen molar-refractivity contribution >= 4 is 57.5 Å². The Morgan fingerprint density at radius 2 is 0.667 bits per heavy atom. The van der Waals surface area contributed by atoms with E-state index in [0.717, 1.165) is 45.0 Å². The van der Waals surface area contributed by atoms with Gasteiger partial charge in [-0.25, -0.2) is 0 Å². The number of thiocarbonyl (C=S) groups is 2. The molecule has 0 radical (unpaired) electrons. The molecular formula is C26H32CdN10S2. The molecule has 0 bridgehead atoms. The van der Waals surface area contributed by atoms with Gasteiger partial charge in [0.25, 0.3) is 0 Å². The van der Waals surface area contributed by atoms with E-state index in [-0.39, 0.29) is 27.3 Å². The maximum Gasteiger partial charge on any atom is 2.00 e. The van der Waals surface area contributed by atoms with Crippen LogP contribution in [0.5, 0.6) is 0 Å². The third-order valence-electron chi connectivity index (χ3n) is 4.25. The van der Waals surface area contributed by atoms with Crippen molar-refractivity contribution in [3.05, 3.63) is 107 Å². The van der Waals surface area contributed by atoms with E-state index in [0.29, 0.717) is 0 Å². The molecule has 0 aliphatic carbocycles. The molecule has 0 unspecified atom stereocenters. The molecule has 39 heavy (non-hydrogen) atoms. The number of hydrogen-bond acceptors (Lipinski definition) is 10. The second-order valence-corrected chi connectivity index (χ2v) is 7.48. The summed E-state index contributed by atoms with van der Waals surface area (Å²) in [6.07, 6.45) is 13.7. The molecule has 0 saturated carbocycles. The van der Waals surface area contributed by atoms with E-state index in [9.17, 15) is 0 Å². The molecule has 0 spiro atoms. The standard InChI is InChI=1S/4C6H8N2.2CNS.Cd/c4*1-5-4-8-3-2-6(5)7;2*2-1-3;/h4*2-4H,1H3,(H2,7,8);;;/q;;;;2*-1;+2. The third-order valence-corrected chi connectivity index (χ3v) is 4.25. The zero-order valence-corrected chi connectivity index (χ0v) is 28.1. The largest absolute Gasteiger partial charge is 2.00 e. The van der Waals surface area contributed by atoms with Crippen LogP contribution in [0.3, 0.4) is 0 Å². The zero-order valence-electron chi connectivity index (χ0n) is 22.4. The molecule has 13 heteroatoms. The Kier molecular flexibility index (Phi) is 26.5. The minimum atomic E-state index is 0. The quantitative estimate of drug-likeness (QED) is 0.110. The summed E-state index contributed by atoms with van der Waals surface area (Å²) in [6.45, 7) is 7.73. The molecule has 4 aromatic heterocycles. The van der Waals surface area contributed by atoms with Crippen LogP contribution in [0.15, 0.2) is 73.8 Å². The summed E-state index contributed by atoms with van der Waals surface area (Å²) < 4.78 is 0. The Labute approximate surface area is 260 Å². The van der Waals surface area contributed by atoms with Crippen LogP contribution in [0, 0.1) is 27.7 Å². The predicted octanol–water partition coefficient (Wildman–Crippen LogP) is 5.20. The van der Waals surface area contributed by atoms with Crippen LogP contribution in [-0.4, -0.2) is 30.3 Å². The fourth-order valence-corrected chi connectivity index (χ4v) is 1.94. The van der Waals surface area contributed by atoms with Crippen LogP contribution in [-0.2, 0) is 27.3 Å². The zero-order chi connectivity index (χ0) is 29.3. The van der Waals surface area contributed by atoms with Crippen molar-refractivity contribution in [2.75, 3.05) is 22.9 Å². The summed E-state index contributed by atoms with van der Waals surface area (Å²) in [7, 11) is 0. The minimum Gasteiger partial charge on any atom is -0.753 e. The van der Waals surface area contributed by atoms with Gasteiger partial charge in [-0.3, -0.25) is 19.9 Å². The molecule has 10 nitrogen and oxygen atoms in total. The molecule has 0 fully saturated rings. The summed E-state index contributed by atoms with van der Waals surface area (Å²) >= 11 is 7.40. The van der Waals surface area contributed by atoms with E-state index in [1.807, 2.05) is 27.7 Å². The van der Waals surface area contributed by atoms with Gasteiger partial charge in [0.2, 0.25) is 0 Å². The molecule has 0 saturated heterocycles. The first-order valence-corrected chi connectivity index (χ1v) is 11.5. The maximum atomic E-state index is 7.13. The van der Waals surface area contributed by atoms with Crippen LogP contribution in [0.4, 0.5) is 22.7 Å². The van der Waals surface area contributed by atoms with Gasteiger partial charge in [0.05, 0.1) is 0 Å². The molecule has 4 heterocycles. The van der Waals surface area contributed by atoms with Crippen LogP contribution in [0.2, 0.25) is 0 Å². The van der Waals surface area contributed by atoms with Crippen LogP contribution < -0.4 is 22.9 Å². The fraction of sp³-hybridized carbons (Fsp3) is 0.154. The Bertz CT molecular complexity index is 1010. The average Bonchev–Trinajstić information content (AvgIpc) is 2.89. The molecule has 8 N–H and O–H groups in total. The van der Waals surface area contributed by atoms with Crippen molar-refractivity contribution in [1.82, 2.24) is 19.9 Å². The van der Waals surface area contributed by atoms with E-state index < -0.39 is 0 Å². The SMILES string of the molecule is Cc1cnccc1N.Cc1cnccc1N.Cc1cnccc1N.Cc1cnccc1N.[Cd+2].[N-]=C=S.[N-]=C=S. The van der Waals surface area contributed by atoms with E-state index in [1.54, 1.807) is 73.8 Å². The Morgan fingerprint density at radius 3 is 0.744 bits per heavy atom. The number of nitrogens with two attached hydrogens (primary N) is 4. The van der Waals surface area contributed by atoms with Gasteiger partial charge in [-0.15, -0.1) is 0 Å². The summed E-state index contributed by atoms with van der Waals surface area (Å²) in [6, 6.07) is 7.15. The number of nitrogen functional groups attached to an aromatic ring is 4. The van der Waals surface area contributed by atoms with Crippen molar-refractivity contribution in [1.29, 1.82) is 0 Å². The second-order valence-electron chi connectivity index (χ2n) is 7.11. The number of hydrogen-bond donors (Lipinski definition) is 4. The first-order valence-electron chi connectivity index (χ1n) is 10.7.